The molecule has 0 aliphatic rings. The Morgan fingerprint density at radius 3 is 2.07 bits per heavy atom. The Balaban J connectivity index is 2.36. The number of hydrogen-bond acceptors (Lipinski definition) is 4. The Morgan fingerprint density at radius 2 is 1.53 bits per heavy atom. The van der Waals surface area contributed by atoms with Crippen molar-refractivity contribution < 1.29 is 9.59 Å². The molecule has 0 radical (unpaired) electrons. The number of amides is 2. The molecule has 0 fully saturated rings. The molecule has 2 aromatic carbocycles. The maximum absolute atomic E-state index is 13.5. The van der Waals surface area contributed by atoms with E-state index in [1.165, 1.54) is 0 Å². The number of primary amides is 1. The average Bonchev–Trinajstić information content (AvgIpc) is 2.74. The van der Waals surface area contributed by atoms with Gasteiger partial charge in [0, 0.05) is 24.2 Å². The lowest BCUT2D eigenvalue weighted by atomic mass is 9.89. The van der Waals surface area contributed by atoms with E-state index in [1.54, 1.807) is 36.1 Å². The van der Waals surface area contributed by atoms with Gasteiger partial charge in [-0.15, -0.1) is 0 Å². The van der Waals surface area contributed by atoms with Gasteiger partial charge in [-0.3, -0.25) is 9.59 Å². The summed E-state index contributed by atoms with van der Waals surface area (Å²) in [5.41, 5.74) is 12.5. The molecule has 30 heavy (non-hydrogen) atoms. The van der Waals surface area contributed by atoms with E-state index in [0.717, 1.165) is 31.6 Å². The van der Waals surface area contributed by atoms with Crippen molar-refractivity contribution in [3.05, 3.63) is 65.7 Å². The molecule has 0 saturated carbocycles. The largest absolute Gasteiger partial charge is 0.399 e. The van der Waals surface area contributed by atoms with Crippen LogP contribution in [0.4, 0.5) is 5.69 Å². The molecular weight excluding hydrogens is 376 g/mol. The highest BCUT2D eigenvalue weighted by atomic mass is 16.2. The van der Waals surface area contributed by atoms with E-state index in [0.29, 0.717) is 24.2 Å². The van der Waals surface area contributed by atoms with Crippen LogP contribution in [0, 0.1) is 0 Å². The van der Waals surface area contributed by atoms with Gasteiger partial charge in [0.1, 0.15) is 5.54 Å². The third kappa shape index (κ3) is 5.83. The minimum absolute atomic E-state index is 0.216. The van der Waals surface area contributed by atoms with Crippen molar-refractivity contribution in [3.63, 3.8) is 0 Å². The van der Waals surface area contributed by atoms with Crippen LogP contribution in [0.5, 0.6) is 0 Å². The molecule has 0 heterocycles. The zero-order chi connectivity index (χ0) is 22.1. The normalized spacial score (nSPS) is 13.1. The van der Waals surface area contributed by atoms with E-state index in [4.69, 9.17) is 11.5 Å². The summed E-state index contributed by atoms with van der Waals surface area (Å²) < 4.78 is 0. The van der Waals surface area contributed by atoms with E-state index < -0.39 is 11.4 Å². The molecule has 0 saturated heterocycles. The lowest BCUT2D eigenvalue weighted by molar-refractivity contribution is -0.128. The Morgan fingerprint density at radius 1 is 0.933 bits per heavy atom. The molecule has 162 valence electrons. The van der Waals surface area contributed by atoms with Crippen molar-refractivity contribution in [1.82, 2.24) is 9.80 Å². The molecule has 2 amide bonds. The molecule has 0 bridgehead atoms. The SMILES string of the molecule is CCN(CC)CCCN(C(=O)c1ccc(N)cc1)C(C)(Cc1ccccc1)C(N)=O. The van der Waals surface area contributed by atoms with Crippen LogP contribution >= 0.6 is 0 Å². The fourth-order valence-electron chi connectivity index (χ4n) is 3.66. The molecule has 6 nitrogen and oxygen atoms in total. The third-order valence-electron chi connectivity index (χ3n) is 5.67. The maximum atomic E-state index is 13.5. The van der Waals surface area contributed by atoms with Gasteiger partial charge < -0.3 is 21.3 Å². The van der Waals surface area contributed by atoms with Crippen molar-refractivity contribution in [2.45, 2.75) is 39.2 Å². The van der Waals surface area contributed by atoms with E-state index >= 15 is 0 Å². The second-order valence-corrected chi connectivity index (χ2v) is 7.76. The predicted molar refractivity (Wildman–Crippen MR) is 122 cm³/mol. The summed E-state index contributed by atoms with van der Waals surface area (Å²) in [6.45, 7) is 9.16. The summed E-state index contributed by atoms with van der Waals surface area (Å²) in [6, 6.07) is 16.4. The van der Waals surface area contributed by atoms with Crippen molar-refractivity contribution in [3.8, 4) is 0 Å². The van der Waals surface area contributed by atoms with Crippen LogP contribution in [0.25, 0.3) is 0 Å². The molecule has 1 unspecified atom stereocenters. The van der Waals surface area contributed by atoms with Gasteiger partial charge >= 0.3 is 0 Å². The highest BCUT2D eigenvalue weighted by Crippen LogP contribution is 2.24. The molecule has 4 N–H and O–H groups in total. The van der Waals surface area contributed by atoms with Gasteiger partial charge in [0.05, 0.1) is 0 Å². The molecule has 2 rings (SSSR count). The van der Waals surface area contributed by atoms with Gasteiger partial charge in [-0.25, -0.2) is 0 Å². The smallest absolute Gasteiger partial charge is 0.254 e. The van der Waals surface area contributed by atoms with E-state index in [2.05, 4.69) is 18.7 Å². The van der Waals surface area contributed by atoms with Crippen LogP contribution in [-0.4, -0.2) is 53.3 Å². The molecule has 0 aliphatic heterocycles. The molecule has 0 aliphatic carbocycles. The monoisotopic (exact) mass is 410 g/mol. The van der Waals surface area contributed by atoms with Crippen LogP contribution in [-0.2, 0) is 11.2 Å². The number of benzene rings is 2. The summed E-state index contributed by atoms with van der Waals surface area (Å²) in [5.74, 6) is -0.732. The summed E-state index contributed by atoms with van der Waals surface area (Å²) >= 11 is 0. The van der Waals surface area contributed by atoms with Gasteiger partial charge in [-0.1, -0.05) is 44.2 Å². The maximum Gasteiger partial charge on any atom is 0.254 e. The van der Waals surface area contributed by atoms with Crippen molar-refractivity contribution in [1.29, 1.82) is 0 Å². The Bertz CT molecular complexity index is 819. The van der Waals surface area contributed by atoms with E-state index in [9.17, 15) is 9.59 Å². The molecule has 6 heteroatoms. The first-order valence-corrected chi connectivity index (χ1v) is 10.6. The summed E-state index contributed by atoms with van der Waals surface area (Å²) in [6.07, 6.45) is 1.11. The van der Waals surface area contributed by atoms with Crippen LogP contribution in [0.15, 0.2) is 54.6 Å². The fraction of sp³-hybridized carbons (Fsp3) is 0.417. The topological polar surface area (TPSA) is 92.7 Å². The lowest BCUT2D eigenvalue weighted by Crippen LogP contribution is -2.59. The quantitative estimate of drug-likeness (QED) is 0.557. The molecule has 1 atom stereocenters. The number of hydrogen-bond donors (Lipinski definition) is 2. The molecule has 0 spiro atoms. The lowest BCUT2D eigenvalue weighted by Gasteiger charge is -2.39. The number of carbonyl (C=O) groups excluding carboxylic acids is 2. The van der Waals surface area contributed by atoms with Crippen molar-refractivity contribution >= 4 is 17.5 Å². The fourth-order valence-corrected chi connectivity index (χ4v) is 3.66. The van der Waals surface area contributed by atoms with E-state index in [-0.39, 0.29) is 5.91 Å². The predicted octanol–water partition coefficient (Wildman–Crippen LogP) is 2.93. The zero-order valence-electron chi connectivity index (χ0n) is 18.3. The molecular formula is C24H34N4O2. The Labute approximate surface area is 179 Å². The Kier molecular flexibility index (Phi) is 8.42. The van der Waals surface area contributed by atoms with Crippen molar-refractivity contribution in [2.75, 3.05) is 31.9 Å². The van der Waals surface area contributed by atoms with Crippen LogP contribution in [0.2, 0.25) is 0 Å². The molecule has 2 aromatic rings. The zero-order valence-corrected chi connectivity index (χ0v) is 18.3. The van der Waals surface area contributed by atoms with Gasteiger partial charge in [0.2, 0.25) is 5.91 Å². The minimum atomic E-state index is -1.15. The van der Waals surface area contributed by atoms with Gasteiger partial charge in [-0.05, 0) is 62.8 Å². The summed E-state index contributed by atoms with van der Waals surface area (Å²) in [5, 5.41) is 0. The number of nitrogen functional groups attached to an aromatic ring is 1. The van der Waals surface area contributed by atoms with Gasteiger partial charge in [0.25, 0.3) is 5.91 Å². The van der Waals surface area contributed by atoms with Gasteiger partial charge in [0.15, 0.2) is 0 Å². The number of nitrogens with zero attached hydrogens (tertiary/aromatic N) is 2. The van der Waals surface area contributed by atoms with Gasteiger partial charge in [-0.2, -0.15) is 0 Å². The standard InChI is InChI=1S/C24H34N4O2/c1-4-27(5-2)16-9-17-28(22(29)20-12-14-21(25)15-13-20)24(3,23(26)30)18-19-10-7-6-8-11-19/h6-8,10-15H,4-5,9,16-18,25H2,1-3H3,(H2,26,30). The summed E-state index contributed by atoms with van der Waals surface area (Å²) in [4.78, 5) is 30.1. The van der Waals surface area contributed by atoms with Crippen LogP contribution in [0.3, 0.4) is 0 Å². The third-order valence-corrected chi connectivity index (χ3v) is 5.67. The first-order valence-electron chi connectivity index (χ1n) is 10.6. The highest BCUT2D eigenvalue weighted by Gasteiger charge is 2.41. The summed E-state index contributed by atoms with van der Waals surface area (Å²) in [7, 11) is 0. The number of anilines is 1. The highest BCUT2D eigenvalue weighted by molar-refractivity contribution is 5.99. The molecule has 0 aromatic heterocycles. The first kappa shape index (κ1) is 23.4. The number of carbonyl (C=O) groups is 2. The van der Waals surface area contributed by atoms with E-state index in [1.807, 2.05) is 30.3 Å². The second kappa shape index (κ2) is 10.8. The van der Waals surface area contributed by atoms with Crippen molar-refractivity contribution in [2.24, 2.45) is 5.73 Å². The van der Waals surface area contributed by atoms with Crippen LogP contribution < -0.4 is 11.5 Å². The number of nitrogens with two attached hydrogens (primary N) is 2. The average molecular weight is 411 g/mol. The minimum Gasteiger partial charge on any atom is -0.399 e. The first-order chi connectivity index (χ1) is 14.3. The second-order valence-electron chi connectivity index (χ2n) is 7.76. The van der Waals surface area contributed by atoms with Crippen LogP contribution in [0.1, 0.15) is 43.1 Å². The Hall–Kier alpha value is -2.86. The number of rotatable bonds is 11.